The monoisotopic (exact) mass is 283 g/mol. The average molecular weight is 284 g/mol. The van der Waals surface area contributed by atoms with Crippen LogP contribution < -0.4 is 10.6 Å². The van der Waals surface area contributed by atoms with E-state index in [0.717, 1.165) is 29.2 Å². The van der Waals surface area contributed by atoms with Crippen LogP contribution in [0.15, 0.2) is 22.8 Å². The van der Waals surface area contributed by atoms with Gasteiger partial charge in [-0.05, 0) is 35.0 Å². The molecule has 0 aromatic carbocycles. The fourth-order valence-corrected chi connectivity index (χ4v) is 1.86. The molecule has 2 aromatic heterocycles. The second-order valence-corrected chi connectivity index (χ2v) is 4.35. The molecule has 86 valence electrons. The maximum absolute atomic E-state index is 5.55. The molecule has 0 aliphatic carbocycles. The van der Waals surface area contributed by atoms with E-state index in [1.54, 1.807) is 4.52 Å². The van der Waals surface area contributed by atoms with Gasteiger partial charge in [-0.25, -0.2) is 4.52 Å². The van der Waals surface area contributed by atoms with Crippen LogP contribution in [0.4, 0.5) is 5.95 Å². The highest BCUT2D eigenvalue weighted by Gasteiger charge is 2.09. The molecule has 5 nitrogen and oxygen atoms in total. The van der Waals surface area contributed by atoms with Crippen LogP contribution in [0.2, 0.25) is 0 Å². The Kier molecular flexibility index (Phi) is 3.40. The molecule has 2 aromatic rings. The van der Waals surface area contributed by atoms with Gasteiger partial charge < -0.3 is 10.6 Å². The van der Waals surface area contributed by atoms with Gasteiger partial charge in [-0.3, -0.25) is 0 Å². The molecule has 2 N–H and O–H groups in total. The van der Waals surface area contributed by atoms with Gasteiger partial charge in [-0.15, -0.1) is 5.10 Å². The maximum atomic E-state index is 5.55. The Bertz CT molecular complexity index is 481. The van der Waals surface area contributed by atoms with Gasteiger partial charge in [0.1, 0.15) is 0 Å². The smallest absolute Gasteiger partial charge is 0.245 e. The molecule has 16 heavy (non-hydrogen) atoms. The van der Waals surface area contributed by atoms with Crippen LogP contribution in [-0.2, 0) is 0 Å². The summed E-state index contributed by atoms with van der Waals surface area (Å²) in [5, 5.41) is 4.41. The summed E-state index contributed by atoms with van der Waals surface area (Å²) in [7, 11) is 0. The van der Waals surface area contributed by atoms with Crippen LogP contribution in [0.1, 0.15) is 6.92 Å². The summed E-state index contributed by atoms with van der Waals surface area (Å²) in [6.07, 6.45) is 1.89. The summed E-state index contributed by atoms with van der Waals surface area (Å²) in [6.45, 7) is 4.30. The predicted molar refractivity (Wildman–Crippen MR) is 67.6 cm³/mol. The molecule has 0 spiro atoms. The number of aromatic nitrogens is 3. The number of pyridine rings is 1. The van der Waals surface area contributed by atoms with Crippen molar-refractivity contribution in [2.45, 2.75) is 6.92 Å². The van der Waals surface area contributed by atoms with E-state index in [1.165, 1.54) is 0 Å². The third kappa shape index (κ3) is 2.17. The lowest BCUT2D eigenvalue weighted by molar-refractivity contribution is 0.779. The molecule has 0 bridgehead atoms. The number of hydrogen-bond acceptors (Lipinski definition) is 4. The van der Waals surface area contributed by atoms with Gasteiger partial charge in [0.05, 0.1) is 0 Å². The van der Waals surface area contributed by atoms with E-state index in [0.29, 0.717) is 6.54 Å². The van der Waals surface area contributed by atoms with E-state index in [1.807, 2.05) is 18.3 Å². The van der Waals surface area contributed by atoms with Crippen LogP contribution in [0.5, 0.6) is 0 Å². The number of nitrogens with two attached hydrogens (primary N) is 1. The number of halogens is 1. The third-order valence-corrected chi connectivity index (χ3v) is 2.82. The van der Waals surface area contributed by atoms with E-state index in [-0.39, 0.29) is 0 Å². The van der Waals surface area contributed by atoms with Crippen LogP contribution >= 0.6 is 15.9 Å². The Hall–Kier alpha value is -1.14. The summed E-state index contributed by atoms with van der Waals surface area (Å²) in [5.41, 5.74) is 6.39. The fourth-order valence-electron chi connectivity index (χ4n) is 1.54. The standard InChI is InChI=1S/C10H14BrN5/c1-2-15(6-5-12)10-13-9-4-3-8(11)7-16(9)14-10/h3-4,7H,2,5-6,12H2,1H3. The Morgan fingerprint density at radius 3 is 3.00 bits per heavy atom. The molecular formula is C10H14BrN5. The highest BCUT2D eigenvalue weighted by Crippen LogP contribution is 2.14. The molecule has 0 saturated carbocycles. The Labute approximate surface area is 102 Å². The summed E-state index contributed by atoms with van der Waals surface area (Å²) in [4.78, 5) is 6.50. The fraction of sp³-hybridized carbons (Fsp3) is 0.400. The van der Waals surface area contributed by atoms with Crippen molar-refractivity contribution in [3.8, 4) is 0 Å². The average Bonchev–Trinajstić information content (AvgIpc) is 2.68. The van der Waals surface area contributed by atoms with Crippen molar-refractivity contribution in [1.29, 1.82) is 0 Å². The molecule has 0 amide bonds. The minimum atomic E-state index is 0.604. The highest BCUT2D eigenvalue weighted by atomic mass is 79.9. The summed E-state index contributed by atoms with van der Waals surface area (Å²) < 4.78 is 2.75. The van der Waals surface area contributed by atoms with Gasteiger partial charge in [0.15, 0.2) is 5.65 Å². The minimum absolute atomic E-state index is 0.604. The van der Waals surface area contributed by atoms with E-state index < -0.39 is 0 Å². The highest BCUT2D eigenvalue weighted by molar-refractivity contribution is 9.10. The Morgan fingerprint density at radius 1 is 1.50 bits per heavy atom. The molecule has 0 fully saturated rings. The Balaban J connectivity index is 2.37. The zero-order valence-electron chi connectivity index (χ0n) is 9.10. The molecular weight excluding hydrogens is 270 g/mol. The zero-order valence-corrected chi connectivity index (χ0v) is 10.7. The van der Waals surface area contributed by atoms with Crippen LogP contribution in [-0.4, -0.2) is 34.2 Å². The summed E-state index contributed by atoms with van der Waals surface area (Å²) >= 11 is 3.40. The predicted octanol–water partition coefficient (Wildman–Crippen LogP) is 1.28. The van der Waals surface area contributed by atoms with Crippen molar-refractivity contribution >= 4 is 27.5 Å². The van der Waals surface area contributed by atoms with Crippen LogP contribution in [0, 0.1) is 0 Å². The SMILES string of the molecule is CCN(CCN)c1nc2ccc(Br)cn2n1. The molecule has 0 aliphatic heterocycles. The number of rotatable bonds is 4. The lowest BCUT2D eigenvalue weighted by Gasteiger charge is -2.16. The molecule has 2 heterocycles. The van der Waals surface area contributed by atoms with Crippen LogP contribution in [0.25, 0.3) is 5.65 Å². The van der Waals surface area contributed by atoms with E-state index in [4.69, 9.17) is 5.73 Å². The molecule has 0 unspecified atom stereocenters. The number of hydrogen-bond donors (Lipinski definition) is 1. The van der Waals surface area contributed by atoms with Gasteiger partial charge in [0.25, 0.3) is 0 Å². The van der Waals surface area contributed by atoms with Crippen molar-refractivity contribution in [2.24, 2.45) is 5.73 Å². The second-order valence-electron chi connectivity index (χ2n) is 3.43. The quantitative estimate of drug-likeness (QED) is 0.918. The molecule has 2 rings (SSSR count). The first-order valence-electron chi connectivity index (χ1n) is 5.21. The van der Waals surface area contributed by atoms with Gasteiger partial charge >= 0.3 is 0 Å². The number of nitrogens with zero attached hydrogens (tertiary/aromatic N) is 4. The zero-order chi connectivity index (χ0) is 11.5. The molecule has 6 heteroatoms. The molecule has 0 radical (unpaired) electrons. The third-order valence-electron chi connectivity index (χ3n) is 2.35. The van der Waals surface area contributed by atoms with Crippen molar-refractivity contribution in [1.82, 2.24) is 14.6 Å². The lowest BCUT2D eigenvalue weighted by Crippen LogP contribution is -2.30. The summed E-state index contributed by atoms with van der Waals surface area (Å²) in [6, 6.07) is 3.88. The van der Waals surface area contributed by atoms with Crippen molar-refractivity contribution < 1.29 is 0 Å². The molecule has 0 atom stereocenters. The first-order chi connectivity index (χ1) is 7.74. The molecule has 0 saturated heterocycles. The van der Waals surface area contributed by atoms with Crippen molar-refractivity contribution in [3.63, 3.8) is 0 Å². The largest absolute Gasteiger partial charge is 0.339 e. The van der Waals surface area contributed by atoms with E-state index in [2.05, 4.69) is 37.8 Å². The first-order valence-corrected chi connectivity index (χ1v) is 6.01. The number of likely N-dealkylation sites (N-methyl/N-ethyl adjacent to an activating group) is 1. The van der Waals surface area contributed by atoms with Gasteiger partial charge in [-0.1, -0.05) is 0 Å². The second kappa shape index (κ2) is 4.80. The Morgan fingerprint density at radius 2 is 2.31 bits per heavy atom. The number of fused-ring (bicyclic) bond motifs is 1. The number of anilines is 1. The van der Waals surface area contributed by atoms with Gasteiger partial charge in [0, 0.05) is 30.3 Å². The van der Waals surface area contributed by atoms with Gasteiger partial charge in [-0.2, -0.15) is 4.98 Å². The van der Waals surface area contributed by atoms with E-state index in [9.17, 15) is 0 Å². The van der Waals surface area contributed by atoms with Crippen LogP contribution in [0.3, 0.4) is 0 Å². The maximum Gasteiger partial charge on any atom is 0.245 e. The molecule has 0 aliphatic rings. The van der Waals surface area contributed by atoms with Crippen molar-refractivity contribution in [3.05, 3.63) is 22.8 Å². The van der Waals surface area contributed by atoms with Crippen molar-refractivity contribution in [2.75, 3.05) is 24.5 Å². The normalized spacial score (nSPS) is 10.9. The topological polar surface area (TPSA) is 59.5 Å². The van der Waals surface area contributed by atoms with Gasteiger partial charge in [0.2, 0.25) is 5.95 Å². The van der Waals surface area contributed by atoms with E-state index >= 15 is 0 Å². The minimum Gasteiger partial charge on any atom is -0.339 e. The first kappa shape index (κ1) is 11.3. The lowest BCUT2D eigenvalue weighted by atomic mass is 10.5. The summed E-state index contributed by atoms with van der Waals surface area (Å²) in [5.74, 6) is 0.728.